The van der Waals surface area contributed by atoms with Crippen molar-refractivity contribution >= 4 is 34.5 Å². The summed E-state index contributed by atoms with van der Waals surface area (Å²) in [7, 11) is 0. The topological polar surface area (TPSA) is 84.2 Å². The molecule has 22 heavy (non-hydrogen) atoms. The molecule has 1 unspecified atom stereocenters. The molecule has 0 aromatic carbocycles. The molecule has 6 nitrogen and oxygen atoms in total. The van der Waals surface area contributed by atoms with Gasteiger partial charge in [-0.2, -0.15) is 0 Å². The molecular formula is C14H14ClN3O3S. The summed E-state index contributed by atoms with van der Waals surface area (Å²) < 4.78 is 10.5. The van der Waals surface area contributed by atoms with Gasteiger partial charge < -0.3 is 19.2 Å². The van der Waals surface area contributed by atoms with Gasteiger partial charge in [0.05, 0.1) is 29.5 Å². The minimum absolute atomic E-state index is 0.234. The van der Waals surface area contributed by atoms with Gasteiger partial charge in [-0.3, -0.25) is 0 Å². The first kappa shape index (κ1) is 15.4. The maximum atomic E-state index is 9.90. The van der Waals surface area contributed by atoms with Gasteiger partial charge in [0.2, 0.25) is 0 Å². The lowest BCUT2D eigenvalue weighted by Crippen LogP contribution is -2.17. The van der Waals surface area contributed by atoms with Crippen LogP contribution in [0.5, 0.6) is 0 Å². The minimum Gasteiger partial charge on any atom is -0.467 e. The van der Waals surface area contributed by atoms with E-state index in [1.165, 1.54) is 11.8 Å². The second-order valence-electron chi connectivity index (χ2n) is 4.63. The average molecular weight is 340 g/mol. The van der Waals surface area contributed by atoms with E-state index in [1.54, 1.807) is 24.6 Å². The van der Waals surface area contributed by atoms with Crippen LogP contribution in [-0.4, -0.2) is 38.5 Å². The number of halogens is 1. The van der Waals surface area contributed by atoms with Crippen LogP contribution >= 0.6 is 23.4 Å². The summed E-state index contributed by atoms with van der Waals surface area (Å²) in [5.74, 6) is 1.20. The van der Waals surface area contributed by atoms with E-state index in [0.29, 0.717) is 28.2 Å². The van der Waals surface area contributed by atoms with Crippen LogP contribution in [0.4, 0.5) is 0 Å². The summed E-state index contributed by atoms with van der Waals surface area (Å²) in [5, 5.41) is 11.1. The number of fused-ring (bicyclic) bond motifs is 1. The van der Waals surface area contributed by atoms with Crippen LogP contribution in [-0.2, 0) is 11.3 Å². The molecule has 0 bridgehead atoms. The zero-order valence-corrected chi connectivity index (χ0v) is 13.1. The van der Waals surface area contributed by atoms with Crippen molar-refractivity contribution in [1.82, 2.24) is 15.0 Å². The third-order valence-corrected chi connectivity index (χ3v) is 4.05. The monoisotopic (exact) mass is 339 g/mol. The van der Waals surface area contributed by atoms with E-state index in [4.69, 9.17) is 20.8 Å². The molecule has 3 aromatic rings. The molecule has 0 saturated carbocycles. The van der Waals surface area contributed by atoms with Gasteiger partial charge in [0.1, 0.15) is 12.4 Å². The summed E-state index contributed by atoms with van der Waals surface area (Å²) in [6, 6.07) is 5.39. The van der Waals surface area contributed by atoms with Crippen molar-refractivity contribution in [2.45, 2.75) is 17.9 Å². The van der Waals surface area contributed by atoms with E-state index in [-0.39, 0.29) is 6.61 Å². The summed E-state index contributed by atoms with van der Waals surface area (Å²) >= 11 is 7.28. The summed E-state index contributed by atoms with van der Waals surface area (Å²) in [6.07, 6.45) is 2.55. The van der Waals surface area contributed by atoms with Crippen LogP contribution < -0.4 is 0 Å². The second kappa shape index (κ2) is 7.15. The molecule has 0 spiro atoms. The summed E-state index contributed by atoms with van der Waals surface area (Å²) in [6.45, 7) is 0.583. The summed E-state index contributed by atoms with van der Waals surface area (Å²) in [4.78, 5) is 11.5. The maximum absolute atomic E-state index is 9.90. The Bertz CT molecular complexity index is 732. The first-order chi connectivity index (χ1) is 10.7. The molecule has 3 aromatic heterocycles. The third kappa shape index (κ3) is 4.01. The summed E-state index contributed by atoms with van der Waals surface area (Å²) in [5.41, 5.74) is 1.38. The number of ether oxygens (including phenoxy) is 1. The highest BCUT2D eigenvalue weighted by Crippen LogP contribution is 2.21. The molecule has 0 amide bonds. The second-order valence-corrected chi connectivity index (χ2v) is 6.07. The smallest absolute Gasteiger partial charge is 0.178 e. The Morgan fingerprint density at radius 3 is 3.23 bits per heavy atom. The molecule has 1 atom stereocenters. The van der Waals surface area contributed by atoms with Crippen LogP contribution in [0.3, 0.4) is 0 Å². The van der Waals surface area contributed by atoms with Gasteiger partial charge in [0.25, 0.3) is 0 Å². The molecule has 0 fully saturated rings. The predicted molar refractivity (Wildman–Crippen MR) is 84.0 cm³/mol. The van der Waals surface area contributed by atoms with Gasteiger partial charge in [-0.25, -0.2) is 9.97 Å². The van der Waals surface area contributed by atoms with Gasteiger partial charge in [-0.15, -0.1) is 0 Å². The number of nitrogens with one attached hydrogen (secondary N) is 1. The number of H-pyrrole nitrogens is 1. The lowest BCUT2D eigenvalue weighted by atomic mass is 10.4. The van der Waals surface area contributed by atoms with Crippen LogP contribution in [0.1, 0.15) is 5.76 Å². The fraction of sp³-hybridized carbons (Fsp3) is 0.286. The molecule has 0 aliphatic rings. The highest BCUT2D eigenvalue weighted by Gasteiger charge is 2.10. The number of rotatable bonds is 7. The zero-order valence-electron chi connectivity index (χ0n) is 11.5. The van der Waals surface area contributed by atoms with Crippen LogP contribution in [0.25, 0.3) is 11.2 Å². The van der Waals surface area contributed by atoms with Crippen molar-refractivity contribution in [3.8, 4) is 0 Å². The zero-order chi connectivity index (χ0) is 15.4. The predicted octanol–water partition coefficient (Wildman–Crippen LogP) is 2.87. The Morgan fingerprint density at radius 2 is 2.41 bits per heavy atom. The van der Waals surface area contributed by atoms with E-state index >= 15 is 0 Å². The number of nitrogens with zero attached hydrogens (tertiary/aromatic N) is 2. The van der Waals surface area contributed by atoms with Crippen LogP contribution in [0, 0.1) is 0 Å². The Morgan fingerprint density at radius 1 is 1.50 bits per heavy atom. The molecule has 3 rings (SSSR count). The number of aliphatic hydroxyl groups is 1. The third-order valence-electron chi connectivity index (χ3n) is 2.83. The van der Waals surface area contributed by atoms with E-state index < -0.39 is 6.10 Å². The number of aromatic nitrogens is 3. The molecule has 116 valence electrons. The largest absolute Gasteiger partial charge is 0.467 e. The fourth-order valence-corrected chi connectivity index (χ4v) is 2.77. The first-order valence-electron chi connectivity index (χ1n) is 6.63. The van der Waals surface area contributed by atoms with Crippen LogP contribution in [0.15, 0.2) is 40.2 Å². The Labute approximate surface area is 135 Å². The fourth-order valence-electron chi connectivity index (χ4n) is 1.83. The van der Waals surface area contributed by atoms with Crippen molar-refractivity contribution in [2.24, 2.45) is 0 Å². The molecule has 0 saturated heterocycles. The molecule has 0 aliphatic carbocycles. The number of pyridine rings is 1. The lowest BCUT2D eigenvalue weighted by molar-refractivity contribution is 0.0328. The highest BCUT2D eigenvalue weighted by molar-refractivity contribution is 7.99. The van der Waals surface area contributed by atoms with Crippen molar-refractivity contribution in [2.75, 3.05) is 12.4 Å². The van der Waals surface area contributed by atoms with Gasteiger partial charge in [-0.1, -0.05) is 23.4 Å². The Hall–Kier alpha value is -1.54. The molecule has 0 aliphatic heterocycles. The number of hydrogen-bond donors (Lipinski definition) is 2. The number of aromatic amines is 1. The van der Waals surface area contributed by atoms with Gasteiger partial charge in [0.15, 0.2) is 10.8 Å². The van der Waals surface area contributed by atoms with Crippen molar-refractivity contribution < 1.29 is 14.3 Å². The maximum Gasteiger partial charge on any atom is 0.178 e. The van der Waals surface area contributed by atoms with E-state index in [1.807, 2.05) is 6.07 Å². The normalized spacial score (nSPS) is 12.8. The quantitative estimate of drug-likeness (QED) is 0.644. The molecule has 8 heteroatoms. The van der Waals surface area contributed by atoms with Crippen molar-refractivity contribution in [3.05, 3.63) is 41.4 Å². The van der Waals surface area contributed by atoms with Crippen molar-refractivity contribution in [1.29, 1.82) is 0 Å². The standard InChI is InChI=1S/C14H14ClN3O3S/c15-9-4-12-13(16-5-9)18-14(17-12)22-8-10(19)6-20-7-11-2-1-3-21-11/h1-5,10,19H,6-8H2,(H,16,17,18). The van der Waals surface area contributed by atoms with E-state index in [0.717, 1.165) is 11.3 Å². The average Bonchev–Trinajstić information content (AvgIpc) is 3.13. The SMILES string of the molecule is OC(COCc1ccco1)CSc1nc2ncc(Cl)cc2[nH]1. The van der Waals surface area contributed by atoms with Gasteiger partial charge in [0, 0.05) is 11.9 Å². The molecular weight excluding hydrogens is 326 g/mol. The van der Waals surface area contributed by atoms with Gasteiger partial charge >= 0.3 is 0 Å². The number of hydrogen-bond acceptors (Lipinski definition) is 6. The number of furan rings is 1. The van der Waals surface area contributed by atoms with Crippen LogP contribution in [0.2, 0.25) is 5.02 Å². The Balaban J connectivity index is 1.46. The number of aliphatic hydroxyl groups excluding tert-OH is 1. The van der Waals surface area contributed by atoms with E-state index in [2.05, 4.69) is 15.0 Å². The number of thioether (sulfide) groups is 1. The molecule has 3 heterocycles. The molecule has 0 radical (unpaired) electrons. The van der Waals surface area contributed by atoms with Gasteiger partial charge in [-0.05, 0) is 18.2 Å². The van der Waals surface area contributed by atoms with Crippen molar-refractivity contribution in [3.63, 3.8) is 0 Å². The highest BCUT2D eigenvalue weighted by atomic mass is 35.5. The first-order valence-corrected chi connectivity index (χ1v) is 7.99. The van der Waals surface area contributed by atoms with E-state index in [9.17, 15) is 5.11 Å². The lowest BCUT2D eigenvalue weighted by Gasteiger charge is -2.09. The minimum atomic E-state index is -0.593. The number of imidazole rings is 1. The molecule has 2 N–H and O–H groups in total. The Kier molecular flexibility index (Phi) is 4.99.